The number of carbonyl (C=O) groups is 2. The Bertz CT molecular complexity index is 873. The van der Waals surface area contributed by atoms with Crippen LogP contribution < -0.4 is 10.1 Å². The Kier molecular flexibility index (Phi) is 6.71. The van der Waals surface area contributed by atoms with E-state index in [1.807, 2.05) is 0 Å². The van der Waals surface area contributed by atoms with Crippen molar-refractivity contribution >= 4 is 11.8 Å². The first-order valence-electron chi connectivity index (χ1n) is 9.62. The molecule has 160 valence electrons. The zero-order valence-electron chi connectivity index (χ0n) is 16.9. The van der Waals surface area contributed by atoms with Gasteiger partial charge in [0, 0.05) is 23.1 Å². The second-order valence-corrected chi connectivity index (χ2v) is 7.62. The topological polar surface area (TPSA) is 108 Å². The minimum Gasteiger partial charge on any atom is -0.497 e. The van der Waals surface area contributed by atoms with Crippen LogP contribution in [0.2, 0.25) is 0 Å². The van der Waals surface area contributed by atoms with E-state index in [0.29, 0.717) is 21.9 Å². The summed E-state index contributed by atoms with van der Waals surface area (Å²) in [4.78, 5) is 24.7. The third kappa shape index (κ3) is 4.79. The fourth-order valence-electron chi connectivity index (χ4n) is 3.41. The summed E-state index contributed by atoms with van der Waals surface area (Å²) >= 11 is 0. The standard InChI is InChI=1S/C22H26N2O6/c1-22(13-24(28)21(27)16-6-4-3-5-7-16)14-30-18(19(22)25)12-23-20(26)15-8-10-17(29-2)11-9-15/h3-11,18-19,25,28H,12-14H2,1-2H3,(H,23,26)/t18-,19-,22-/m1/s1. The molecule has 0 unspecified atom stereocenters. The van der Waals surface area contributed by atoms with Gasteiger partial charge in [-0.2, -0.15) is 0 Å². The Labute approximate surface area is 175 Å². The molecule has 0 aliphatic carbocycles. The van der Waals surface area contributed by atoms with Gasteiger partial charge in [-0.15, -0.1) is 0 Å². The summed E-state index contributed by atoms with van der Waals surface area (Å²) in [5, 5.41) is 24.3. The number of hydrogen-bond donors (Lipinski definition) is 3. The first kappa shape index (κ1) is 21.8. The van der Waals surface area contributed by atoms with Gasteiger partial charge in [0.2, 0.25) is 0 Å². The molecule has 1 aliphatic heterocycles. The van der Waals surface area contributed by atoms with Crippen LogP contribution in [0.25, 0.3) is 0 Å². The Morgan fingerprint density at radius 2 is 1.83 bits per heavy atom. The van der Waals surface area contributed by atoms with Gasteiger partial charge in [0.15, 0.2) is 0 Å². The number of benzene rings is 2. The number of nitrogens with zero attached hydrogens (tertiary/aromatic N) is 1. The van der Waals surface area contributed by atoms with Crippen LogP contribution in [-0.2, 0) is 4.74 Å². The molecule has 0 spiro atoms. The molecule has 0 radical (unpaired) electrons. The molecule has 0 aromatic heterocycles. The van der Waals surface area contributed by atoms with E-state index < -0.39 is 23.5 Å². The summed E-state index contributed by atoms with van der Waals surface area (Å²) in [6.07, 6.45) is -1.63. The molecular formula is C22H26N2O6. The summed E-state index contributed by atoms with van der Waals surface area (Å²) in [6.45, 7) is 1.85. The smallest absolute Gasteiger partial charge is 0.277 e. The molecule has 1 fully saturated rings. The van der Waals surface area contributed by atoms with Crippen molar-refractivity contribution < 1.29 is 29.4 Å². The Balaban J connectivity index is 1.55. The average Bonchev–Trinajstić information content (AvgIpc) is 3.05. The Morgan fingerprint density at radius 1 is 1.17 bits per heavy atom. The number of rotatable bonds is 7. The lowest BCUT2D eigenvalue weighted by atomic mass is 9.84. The number of ether oxygens (including phenoxy) is 2. The summed E-state index contributed by atoms with van der Waals surface area (Å²) < 4.78 is 10.7. The number of carbonyl (C=O) groups excluding carboxylic acids is 2. The highest BCUT2D eigenvalue weighted by Gasteiger charge is 2.47. The number of aliphatic hydroxyl groups is 1. The highest BCUT2D eigenvalue weighted by molar-refractivity contribution is 5.94. The maximum absolute atomic E-state index is 12.4. The summed E-state index contributed by atoms with van der Waals surface area (Å²) in [7, 11) is 1.55. The zero-order chi connectivity index (χ0) is 21.7. The predicted molar refractivity (Wildman–Crippen MR) is 108 cm³/mol. The fourth-order valence-corrected chi connectivity index (χ4v) is 3.41. The number of hydroxylamine groups is 2. The first-order chi connectivity index (χ1) is 14.3. The van der Waals surface area contributed by atoms with Crippen LogP contribution in [0.5, 0.6) is 5.75 Å². The third-order valence-corrected chi connectivity index (χ3v) is 5.28. The molecule has 8 nitrogen and oxygen atoms in total. The molecule has 8 heteroatoms. The normalized spacial score (nSPS) is 23.1. The van der Waals surface area contributed by atoms with Crippen LogP contribution in [-0.4, -0.2) is 66.2 Å². The summed E-state index contributed by atoms with van der Waals surface area (Å²) in [5.74, 6) is -0.208. The predicted octanol–water partition coefficient (Wildman–Crippen LogP) is 1.72. The zero-order valence-corrected chi connectivity index (χ0v) is 16.9. The van der Waals surface area contributed by atoms with Crippen LogP contribution in [0.3, 0.4) is 0 Å². The quantitative estimate of drug-likeness (QED) is 0.470. The third-order valence-electron chi connectivity index (χ3n) is 5.28. The second kappa shape index (κ2) is 9.25. The van der Waals surface area contributed by atoms with E-state index in [1.54, 1.807) is 68.6 Å². The lowest BCUT2D eigenvalue weighted by Gasteiger charge is -2.31. The SMILES string of the molecule is COc1ccc(C(=O)NC[C@H]2OC[C@@](C)(CN(O)C(=O)c3ccccc3)[C@@H]2O)cc1. The van der Waals surface area contributed by atoms with Gasteiger partial charge in [-0.1, -0.05) is 25.1 Å². The molecule has 1 heterocycles. The molecule has 3 atom stereocenters. The maximum atomic E-state index is 12.4. The Hall–Kier alpha value is -2.94. The second-order valence-electron chi connectivity index (χ2n) is 7.62. The average molecular weight is 414 g/mol. The van der Waals surface area contributed by atoms with E-state index in [1.165, 1.54) is 0 Å². The maximum Gasteiger partial charge on any atom is 0.277 e. The van der Waals surface area contributed by atoms with Gasteiger partial charge in [0.1, 0.15) is 11.9 Å². The lowest BCUT2D eigenvalue weighted by molar-refractivity contribution is -0.0940. The number of amides is 2. The lowest BCUT2D eigenvalue weighted by Crippen LogP contribution is -2.47. The van der Waals surface area contributed by atoms with E-state index in [0.717, 1.165) is 0 Å². The van der Waals surface area contributed by atoms with Crippen LogP contribution >= 0.6 is 0 Å². The van der Waals surface area contributed by atoms with Crippen molar-refractivity contribution in [1.82, 2.24) is 10.4 Å². The number of hydrogen-bond acceptors (Lipinski definition) is 6. The highest BCUT2D eigenvalue weighted by Crippen LogP contribution is 2.33. The summed E-state index contributed by atoms with van der Waals surface area (Å²) in [6, 6.07) is 15.1. The molecule has 1 saturated heterocycles. The number of aliphatic hydroxyl groups excluding tert-OH is 1. The fraction of sp³-hybridized carbons (Fsp3) is 0.364. The number of nitrogens with one attached hydrogen (secondary N) is 1. The molecule has 2 amide bonds. The molecular weight excluding hydrogens is 388 g/mol. The largest absolute Gasteiger partial charge is 0.497 e. The monoisotopic (exact) mass is 414 g/mol. The minimum absolute atomic E-state index is 0.0969. The molecule has 3 rings (SSSR count). The highest BCUT2D eigenvalue weighted by atomic mass is 16.5. The van der Waals surface area contributed by atoms with E-state index in [4.69, 9.17) is 9.47 Å². The van der Waals surface area contributed by atoms with E-state index in [2.05, 4.69) is 5.32 Å². The van der Waals surface area contributed by atoms with Gasteiger partial charge in [-0.05, 0) is 36.4 Å². The van der Waals surface area contributed by atoms with Crippen molar-refractivity contribution in [3.8, 4) is 5.75 Å². The van der Waals surface area contributed by atoms with Gasteiger partial charge in [-0.25, -0.2) is 5.06 Å². The Morgan fingerprint density at radius 3 is 2.47 bits per heavy atom. The van der Waals surface area contributed by atoms with E-state index >= 15 is 0 Å². The molecule has 0 bridgehead atoms. The first-order valence-corrected chi connectivity index (χ1v) is 9.62. The van der Waals surface area contributed by atoms with Gasteiger partial charge in [0.05, 0.1) is 26.4 Å². The van der Waals surface area contributed by atoms with Crippen molar-refractivity contribution in [3.05, 3.63) is 65.7 Å². The summed E-state index contributed by atoms with van der Waals surface area (Å²) in [5.41, 5.74) is -0.0735. The molecule has 2 aromatic rings. The van der Waals surface area contributed by atoms with Gasteiger partial charge in [-0.3, -0.25) is 14.8 Å². The van der Waals surface area contributed by atoms with E-state index in [9.17, 15) is 19.9 Å². The molecule has 3 N–H and O–H groups in total. The van der Waals surface area contributed by atoms with Crippen LogP contribution in [0.15, 0.2) is 54.6 Å². The van der Waals surface area contributed by atoms with Crippen LogP contribution in [0.1, 0.15) is 27.6 Å². The molecule has 30 heavy (non-hydrogen) atoms. The molecule has 1 aliphatic rings. The van der Waals surface area contributed by atoms with Crippen molar-refractivity contribution in [2.75, 3.05) is 26.8 Å². The van der Waals surface area contributed by atoms with Gasteiger partial charge >= 0.3 is 0 Å². The molecule has 0 saturated carbocycles. The van der Waals surface area contributed by atoms with Crippen molar-refractivity contribution in [1.29, 1.82) is 0 Å². The minimum atomic E-state index is -0.980. The van der Waals surface area contributed by atoms with Crippen molar-refractivity contribution in [3.63, 3.8) is 0 Å². The van der Waals surface area contributed by atoms with Crippen molar-refractivity contribution in [2.24, 2.45) is 5.41 Å². The van der Waals surface area contributed by atoms with Crippen molar-refractivity contribution in [2.45, 2.75) is 19.1 Å². The molecule has 2 aromatic carbocycles. The van der Waals surface area contributed by atoms with Crippen LogP contribution in [0.4, 0.5) is 0 Å². The van der Waals surface area contributed by atoms with E-state index in [-0.39, 0.29) is 25.6 Å². The van der Waals surface area contributed by atoms with Gasteiger partial charge in [0.25, 0.3) is 11.8 Å². The van der Waals surface area contributed by atoms with Gasteiger partial charge < -0.3 is 19.9 Å². The van der Waals surface area contributed by atoms with Crippen LogP contribution in [0, 0.1) is 5.41 Å². The number of methoxy groups -OCH3 is 1.